The van der Waals surface area contributed by atoms with Crippen LogP contribution in [0.3, 0.4) is 0 Å². The summed E-state index contributed by atoms with van der Waals surface area (Å²) in [6.07, 6.45) is 0.769. The maximum Gasteiger partial charge on any atom is 0.219 e. The number of benzene rings is 2. The quantitative estimate of drug-likeness (QED) is 0.357. The summed E-state index contributed by atoms with van der Waals surface area (Å²) in [7, 11) is 0. The van der Waals surface area contributed by atoms with Gasteiger partial charge in [-0.05, 0) is 36.4 Å². The number of thiophene rings is 1. The molecule has 25 heavy (non-hydrogen) atoms. The molecule has 1 amide bonds. The van der Waals surface area contributed by atoms with E-state index in [0.29, 0.717) is 15.7 Å². The van der Waals surface area contributed by atoms with Gasteiger partial charge in [-0.25, -0.2) is 4.98 Å². The lowest BCUT2D eigenvalue weighted by Crippen LogP contribution is -2.12. The Hall–Kier alpha value is -1.92. The summed E-state index contributed by atoms with van der Waals surface area (Å²) in [4.78, 5) is 18.4. The number of thiazole rings is 1. The zero-order valence-corrected chi connectivity index (χ0v) is 15.8. The number of halogens is 2. The fraction of sp³-hybridized carbons (Fsp3) is 0. The van der Waals surface area contributed by atoms with E-state index in [1.807, 2.05) is 42.5 Å². The van der Waals surface area contributed by atoms with E-state index in [4.69, 9.17) is 23.2 Å². The van der Waals surface area contributed by atoms with Crippen molar-refractivity contribution >= 4 is 73.2 Å². The molecule has 0 spiro atoms. The lowest BCUT2D eigenvalue weighted by molar-refractivity contribution is -0.106. The highest BCUT2D eigenvalue weighted by Crippen LogP contribution is 2.41. The van der Waals surface area contributed by atoms with Crippen LogP contribution < -0.4 is 4.90 Å². The minimum atomic E-state index is 0.522. The molecule has 124 valence electrons. The highest BCUT2D eigenvalue weighted by molar-refractivity contribution is 7.20. The number of amides is 1. The molecule has 2 aromatic heterocycles. The Morgan fingerprint density at radius 3 is 2.68 bits per heavy atom. The monoisotopic (exact) mass is 404 g/mol. The van der Waals surface area contributed by atoms with Gasteiger partial charge >= 0.3 is 0 Å². The molecule has 2 aromatic carbocycles. The van der Waals surface area contributed by atoms with E-state index >= 15 is 0 Å². The van der Waals surface area contributed by atoms with Crippen LogP contribution in [0.2, 0.25) is 10.0 Å². The molecule has 0 aliphatic rings. The normalized spacial score (nSPS) is 11.0. The predicted molar refractivity (Wildman–Crippen MR) is 108 cm³/mol. The van der Waals surface area contributed by atoms with Crippen LogP contribution in [0.4, 0.5) is 10.7 Å². The van der Waals surface area contributed by atoms with Crippen molar-refractivity contribution in [3.05, 3.63) is 64.1 Å². The maximum atomic E-state index is 11.7. The van der Waals surface area contributed by atoms with Crippen LogP contribution in [0.5, 0.6) is 0 Å². The first-order valence-electron chi connectivity index (χ1n) is 7.29. The van der Waals surface area contributed by atoms with Crippen molar-refractivity contribution in [2.24, 2.45) is 0 Å². The lowest BCUT2D eigenvalue weighted by Gasteiger charge is -2.16. The van der Waals surface area contributed by atoms with Crippen molar-refractivity contribution in [3.63, 3.8) is 0 Å². The standard InChI is InChI=1S/C18H10Cl2N2OS2/c19-12-3-1-2-4-15(12)22(10-23)18-6-5-16(25-18)11-7-17-14(8-13(11)20)21-9-24-17/h1-10H. The predicted octanol–water partition coefficient (Wildman–Crippen LogP) is 6.63. The Morgan fingerprint density at radius 1 is 1.04 bits per heavy atom. The smallest absolute Gasteiger partial charge is 0.219 e. The first-order chi connectivity index (χ1) is 12.2. The third-order valence-corrected chi connectivity index (χ3v) is 6.27. The Bertz CT molecular complexity index is 1070. The fourth-order valence-electron chi connectivity index (χ4n) is 2.54. The van der Waals surface area contributed by atoms with Crippen molar-refractivity contribution in [3.8, 4) is 10.4 Å². The van der Waals surface area contributed by atoms with E-state index in [1.54, 1.807) is 22.9 Å². The second kappa shape index (κ2) is 6.77. The van der Waals surface area contributed by atoms with Gasteiger partial charge in [0.25, 0.3) is 0 Å². The zero-order chi connectivity index (χ0) is 17.4. The summed E-state index contributed by atoms with van der Waals surface area (Å²) < 4.78 is 1.08. The van der Waals surface area contributed by atoms with E-state index in [1.165, 1.54) is 16.2 Å². The first kappa shape index (κ1) is 16.5. The summed E-state index contributed by atoms with van der Waals surface area (Å²) >= 11 is 15.7. The number of hydrogen-bond acceptors (Lipinski definition) is 4. The van der Waals surface area contributed by atoms with Crippen molar-refractivity contribution in [2.45, 2.75) is 0 Å². The Kier molecular flexibility index (Phi) is 4.48. The third-order valence-electron chi connectivity index (χ3n) is 3.73. The van der Waals surface area contributed by atoms with Crippen LogP contribution in [0.15, 0.2) is 54.0 Å². The second-order valence-corrected chi connectivity index (χ2v) is 7.98. The molecule has 0 bridgehead atoms. The van der Waals surface area contributed by atoms with Crippen molar-refractivity contribution in [2.75, 3.05) is 4.90 Å². The van der Waals surface area contributed by atoms with Crippen LogP contribution >= 0.6 is 45.9 Å². The zero-order valence-electron chi connectivity index (χ0n) is 12.6. The first-order valence-corrected chi connectivity index (χ1v) is 9.74. The van der Waals surface area contributed by atoms with Gasteiger partial charge in [0.05, 0.1) is 31.5 Å². The van der Waals surface area contributed by atoms with Gasteiger partial charge in [0.2, 0.25) is 6.41 Å². The molecule has 4 aromatic rings. The number of rotatable bonds is 4. The molecular weight excluding hydrogens is 395 g/mol. The van der Waals surface area contributed by atoms with Gasteiger partial charge in [0, 0.05) is 10.4 Å². The number of fused-ring (bicyclic) bond motifs is 1. The molecule has 0 fully saturated rings. The molecule has 0 aliphatic carbocycles. The molecule has 0 saturated carbocycles. The highest BCUT2D eigenvalue weighted by Gasteiger charge is 2.16. The van der Waals surface area contributed by atoms with Gasteiger partial charge in [0.1, 0.15) is 5.00 Å². The van der Waals surface area contributed by atoms with E-state index in [2.05, 4.69) is 4.98 Å². The minimum absolute atomic E-state index is 0.522. The van der Waals surface area contributed by atoms with Crippen LogP contribution in [0, 0.1) is 0 Å². The number of anilines is 2. The van der Waals surface area contributed by atoms with Crippen molar-refractivity contribution < 1.29 is 4.79 Å². The summed E-state index contributed by atoms with van der Waals surface area (Å²) in [5.41, 5.74) is 4.27. The maximum absolute atomic E-state index is 11.7. The molecule has 7 heteroatoms. The molecule has 0 N–H and O–H groups in total. The molecule has 0 radical (unpaired) electrons. The summed E-state index contributed by atoms with van der Waals surface area (Å²) in [5, 5.41) is 1.94. The Morgan fingerprint density at radius 2 is 1.88 bits per heavy atom. The molecule has 0 aliphatic heterocycles. The number of para-hydroxylation sites is 1. The molecule has 2 heterocycles. The van der Waals surface area contributed by atoms with Crippen LogP contribution in [0.1, 0.15) is 0 Å². The Balaban J connectivity index is 1.77. The third kappa shape index (κ3) is 3.04. The lowest BCUT2D eigenvalue weighted by atomic mass is 10.2. The minimum Gasteiger partial charge on any atom is -0.278 e. The van der Waals surface area contributed by atoms with Gasteiger partial charge in [-0.1, -0.05) is 35.3 Å². The highest BCUT2D eigenvalue weighted by atomic mass is 35.5. The number of hydrogen-bond donors (Lipinski definition) is 0. The number of aromatic nitrogens is 1. The number of nitrogens with zero attached hydrogens (tertiary/aromatic N) is 2. The summed E-state index contributed by atoms with van der Waals surface area (Å²) in [6.45, 7) is 0. The average Bonchev–Trinajstić information content (AvgIpc) is 3.25. The number of carbonyl (C=O) groups excluding carboxylic acids is 1. The SMILES string of the molecule is O=CN(c1ccc(-c2cc3scnc3cc2Cl)s1)c1ccccc1Cl. The van der Waals surface area contributed by atoms with Crippen LogP contribution in [-0.2, 0) is 4.79 Å². The summed E-state index contributed by atoms with van der Waals surface area (Å²) in [6, 6.07) is 15.0. The van der Waals surface area contributed by atoms with E-state index < -0.39 is 0 Å². The van der Waals surface area contributed by atoms with Crippen molar-refractivity contribution in [1.29, 1.82) is 0 Å². The van der Waals surface area contributed by atoms with E-state index in [9.17, 15) is 4.79 Å². The molecule has 4 rings (SSSR count). The van der Waals surface area contributed by atoms with Gasteiger partial charge in [-0.15, -0.1) is 22.7 Å². The second-order valence-electron chi connectivity index (χ2n) is 5.22. The van der Waals surface area contributed by atoms with Gasteiger partial charge in [-0.2, -0.15) is 0 Å². The molecule has 0 unspecified atom stereocenters. The molecule has 0 saturated heterocycles. The fourth-order valence-corrected chi connectivity index (χ4v) is 4.80. The molecule has 0 atom stereocenters. The van der Waals surface area contributed by atoms with Gasteiger partial charge in [0.15, 0.2) is 0 Å². The topological polar surface area (TPSA) is 33.2 Å². The number of carbonyl (C=O) groups is 1. The van der Waals surface area contributed by atoms with Gasteiger partial charge in [-0.3, -0.25) is 9.69 Å². The Labute approximate surface area is 162 Å². The van der Waals surface area contributed by atoms with Gasteiger partial charge < -0.3 is 0 Å². The van der Waals surface area contributed by atoms with Crippen molar-refractivity contribution in [1.82, 2.24) is 4.98 Å². The summed E-state index contributed by atoms with van der Waals surface area (Å²) in [5.74, 6) is 0. The average molecular weight is 405 g/mol. The van der Waals surface area contributed by atoms with E-state index in [0.717, 1.165) is 32.1 Å². The largest absolute Gasteiger partial charge is 0.278 e. The molecule has 3 nitrogen and oxygen atoms in total. The molecular formula is C18H10Cl2N2OS2. The van der Waals surface area contributed by atoms with E-state index in [-0.39, 0.29) is 0 Å². The van der Waals surface area contributed by atoms with Crippen LogP contribution in [0.25, 0.3) is 20.7 Å². The van der Waals surface area contributed by atoms with Crippen LogP contribution in [-0.4, -0.2) is 11.4 Å².